The van der Waals surface area contributed by atoms with Gasteiger partial charge in [0.1, 0.15) is 0 Å². The molecule has 22 heavy (non-hydrogen) atoms. The molecule has 3 N–H and O–H groups in total. The van der Waals surface area contributed by atoms with Crippen LogP contribution >= 0.6 is 0 Å². The molecular weight excluding hydrogens is 274 g/mol. The molecule has 0 saturated heterocycles. The van der Waals surface area contributed by atoms with Gasteiger partial charge >= 0.3 is 0 Å². The van der Waals surface area contributed by atoms with E-state index in [1.54, 1.807) is 0 Å². The minimum Gasteiger partial charge on any atom is -0.393 e. The van der Waals surface area contributed by atoms with Crippen LogP contribution in [0.1, 0.15) is 38.3 Å². The van der Waals surface area contributed by atoms with Gasteiger partial charge in [0.15, 0.2) is 0 Å². The molecule has 0 radical (unpaired) electrons. The number of H-pyrrole nitrogens is 1. The quantitative estimate of drug-likeness (QED) is 0.735. The Morgan fingerprint density at radius 2 is 2.14 bits per heavy atom. The number of aromatic amines is 1. The van der Waals surface area contributed by atoms with E-state index < -0.39 is 0 Å². The van der Waals surface area contributed by atoms with E-state index in [1.165, 1.54) is 11.1 Å². The number of nitrogens with one attached hydrogen (secondary N) is 2. The standard InChI is InChI=1S/C18H27N3O/c1-13-6-5-7-15(8-13)17-16(11-20-21-17)10-19-12-18(3,4)9-14(2)22/h5-8,11,14,19,22H,9-10,12H2,1-4H3,(H,20,21). The van der Waals surface area contributed by atoms with Crippen molar-refractivity contribution in [2.45, 2.75) is 46.8 Å². The lowest BCUT2D eigenvalue weighted by atomic mass is 9.87. The van der Waals surface area contributed by atoms with Gasteiger partial charge in [-0.15, -0.1) is 0 Å². The second-order valence-electron chi connectivity index (χ2n) is 6.96. The molecule has 0 saturated carbocycles. The molecule has 1 atom stereocenters. The van der Waals surface area contributed by atoms with Gasteiger partial charge in [-0.05, 0) is 31.7 Å². The first-order chi connectivity index (χ1) is 10.4. The smallest absolute Gasteiger partial charge is 0.0695 e. The first kappa shape index (κ1) is 16.7. The number of aromatic nitrogens is 2. The normalized spacial score (nSPS) is 13.3. The van der Waals surface area contributed by atoms with E-state index in [0.29, 0.717) is 0 Å². The molecule has 0 fully saturated rings. The highest BCUT2D eigenvalue weighted by Crippen LogP contribution is 2.23. The zero-order chi connectivity index (χ0) is 16.2. The van der Waals surface area contributed by atoms with Gasteiger partial charge in [-0.2, -0.15) is 5.10 Å². The van der Waals surface area contributed by atoms with Gasteiger partial charge in [0.25, 0.3) is 0 Å². The number of aryl methyl sites for hydroxylation is 1. The SMILES string of the molecule is Cc1cccc(-c2[nH]ncc2CNCC(C)(C)CC(C)O)c1. The second-order valence-corrected chi connectivity index (χ2v) is 6.96. The molecule has 0 bridgehead atoms. The summed E-state index contributed by atoms with van der Waals surface area (Å²) in [6.45, 7) is 9.90. The van der Waals surface area contributed by atoms with Crippen molar-refractivity contribution in [3.63, 3.8) is 0 Å². The van der Waals surface area contributed by atoms with Crippen LogP contribution < -0.4 is 5.32 Å². The fraction of sp³-hybridized carbons (Fsp3) is 0.500. The number of hydrogen-bond donors (Lipinski definition) is 3. The Morgan fingerprint density at radius 1 is 1.36 bits per heavy atom. The number of rotatable bonds is 7. The molecule has 2 aromatic rings. The summed E-state index contributed by atoms with van der Waals surface area (Å²) in [4.78, 5) is 0. The van der Waals surface area contributed by atoms with Crippen LogP contribution in [0.5, 0.6) is 0 Å². The number of hydrogen-bond acceptors (Lipinski definition) is 3. The van der Waals surface area contributed by atoms with Gasteiger partial charge in [-0.1, -0.05) is 37.6 Å². The summed E-state index contributed by atoms with van der Waals surface area (Å²) < 4.78 is 0. The van der Waals surface area contributed by atoms with Gasteiger partial charge in [0, 0.05) is 24.2 Å². The van der Waals surface area contributed by atoms with E-state index in [0.717, 1.165) is 30.8 Å². The fourth-order valence-corrected chi connectivity index (χ4v) is 2.90. The van der Waals surface area contributed by atoms with Crippen LogP contribution in [0.25, 0.3) is 11.3 Å². The van der Waals surface area contributed by atoms with Gasteiger partial charge < -0.3 is 10.4 Å². The van der Waals surface area contributed by atoms with E-state index in [1.807, 2.05) is 13.1 Å². The second kappa shape index (κ2) is 7.07. The molecule has 1 aromatic heterocycles. The highest BCUT2D eigenvalue weighted by atomic mass is 16.3. The minimum atomic E-state index is -0.270. The zero-order valence-corrected chi connectivity index (χ0v) is 14.0. The lowest BCUT2D eigenvalue weighted by molar-refractivity contribution is 0.128. The van der Waals surface area contributed by atoms with Crippen LogP contribution in [-0.2, 0) is 6.54 Å². The average molecular weight is 301 g/mol. The van der Waals surface area contributed by atoms with E-state index in [4.69, 9.17) is 0 Å². The molecule has 0 aliphatic heterocycles. The molecule has 0 amide bonds. The maximum Gasteiger partial charge on any atom is 0.0695 e. The fourth-order valence-electron chi connectivity index (χ4n) is 2.90. The summed E-state index contributed by atoms with van der Waals surface area (Å²) in [6, 6.07) is 8.42. The Bertz CT molecular complexity index is 602. The highest BCUT2D eigenvalue weighted by Gasteiger charge is 2.20. The van der Waals surface area contributed by atoms with E-state index in [2.05, 4.69) is 60.6 Å². The van der Waals surface area contributed by atoms with Gasteiger partial charge in [0.05, 0.1) is 18.0 Å². The molecule has 0 spiro atoms. The Hall–Kier alpha value is -1.65. The Kier molecular flexibility index (Phi) is 5.37. The van der Waals surface area contributed by atoms with Gasteiger partial charge in [0.2, 0.25) is 0 Å². The first-order valence-corrected chi connectivity index (χ1v) is 7.85. The van der Waals surface area contributed by atoms with Crippen LogP contribution in [0.4, 0.5) is 0 Å². The largest absolute Gasteiger partial charge is 0.393 e. The van der Waals surface area contributed by atoms with Crippen LogP contribution in [0.3, 0.4) is 0 Å². The number of nitrogens with zero attached hydrogens (tertiary/aromatic N) is 1. The topological polar surface area (TPSA) is 60.9 Å². The number of benzene rings is 1. The van der Waals surface area contributed by atoms with Crippen molar-refractivity contribution < 1.29 is 5.11 Å². The van der Waals surface area contributed by atoms with Crippen LogP contribution in [0.15, 0.2) is 30.5 Å². The van der Waals surface area contributed by atoms with E-state index >= 15 is 0 Å². The van der Waals surface area contributed by atoms with E-state index in [9.17, 15) is 5.11 Å². The summed E-state index contributed by atoms with van der Waals surface area (Å²) in [5, 5.41) is 20.3. The van der Waals surface area contributed by atoms with Crippen LogP contribution in [0.2, 0.25) is 0 Å². The predicted molar refractivity (Wildman–Crippen MR) is 90.5 cm³/mol. The van der Waals surface area contributed by atoms with Crippen LogP contribution in [0, 0.1) is 12.3 Å². The van der Waals surface area contributed by atoms with Crippen molar-refractivity contribution >= 4 is 0 Å². The van der Waals surface area contributed by atoms with Crippen molar-refractivity contribution in [1.29, 1.82) is 0 Å². The zero-order valence-electron chi connectivity index (χ0n) is 14.0. The minimum absolute atomic E-state index is 0.0708. The molecular formula is C18H27N3O. The molecule has 2 rings (SSSR count). The monoisotopic (exact) mass is 301 g/mol. The predicted octanol–water partition coefficient (Wildman–Crippen LogP) is 3.27. The summed E-state index contributed by atoms with van der Waals surface area (Å²) in [5.74, 6) is 0. The lowest BCUT2D eigenvalue weighted by Crippen LogP contribution is -2.31. The van der Waals surface area contributed by atoms with Crippen molar-refractivity contribution in [2.24, 2.45) is 5.41 Å². The number of aliphatic hydroxyl groups excluding tert-OH is 1. The molecule has 4 heteroatoms. The molecule has 4 nitrogen and oxygen atoms in total. The summed E-state index contributed by atoms with van der Waals surface area (Å²) in [6.07, 6.45) is 2.40. The van der Waals surface area contributed by atoms with Crippen molar-refractivity contribution in [2.75, 3.05) is 6.54 Å². The van der Waals surface area contributed by atoms with Crippen LogP contribution in [-0.4, -0.2) is 28.0 Å². The van der Waals surface area contributed by atoms with Gasteiger partial charge in [-0.25, -0.2) is 0 Å². The lowest BCUT2D eigenvalue weighted by Gasteiger charge is -2.26. The van der Waals surface area contributed by atoms with Crippen molar-refractivity contribution in [1.82, 2.24) is 15.5 Å². The molecule has 120 valence electrons. The molecule has 0 aliphatic carbocycles. The Morgan fingerprint density at radius 3 is 2.82 bits per heavy atom. The summed E-state index contributed by atoms with van der Waals surface area (Å²) in [5.41, 5.74) is 4.71. The molecule has 1 aromatic carbocycles. The summed E-state index contributed by atoms with van der Waals surface area (Å²) >= 11 is 0. The summed E-state index contributed by atoms with van der Waals surface area (Å²) in [7, 11) is 0. The van der Waals surface area contributed by atoms with Crippen molar-refractivity contribution in [3.05, 3.63) is 41.6 Å². The maximum atomic E-state index is 9.55. The Labute approximate surface area is 133 Å². The van der Waals surface area contributed by atoms with Gasteiger partial charge in [-0.3, -0.25) is 5.10 Å². The average Bonchev–Trinajstić information content (AvgIpc) is 2.85. The molecule has 1 unspecified atom stereocenters. The third-order valence-corrected chi connectivity index (χ3v) is 3.79. The van der Waals surface area contributed by atoms with Crippen molar-refractivity contribution in [3.8, 4) is 11.3 Å². The first-order valence-electron chi connectivity index (χ1n) is 7.85. The van der Waals surface area contributed by atoms with E-state index in [-0.39, 0.29) is 11.5 Å². The third kappa shape index (κ3) is 4.68. The maximum absolute atomic E-state index is 9.55. The highest BCUT2D eigenvalue weighted by molar-refractivity contribution is 5.63. The molecule has 1 heterocycles. The third-order valence-electron chi connectivity index (χ3n) is 3.79. The Balaban J connectivity index is 1.99. The molecule has 0 aliphatic rings. The number of aliphatic hydroxyl groups is 1.